The first-order chi connectivity index (χ1) is 16.6. The minimum absolute atomic E-state index is 0.268. The third-order valence-corrected chi connectivity index (χ3v) is 6.34. The number of carbonyl (C=O) groups excluding carboxylic acids is 1. The van der Waals surface area contributed by atoms with Gasteiger partial charge in [0.05, 0.1) is 11.2 Å². The predicted octanol–water partition coefficient (Wildman–Crippen LogP) is 7.62. The number of benzene rings is 3. The monoisotopic (exact) mass is 466 g/mol. The molecule has 1 heterocycles. The van der Waals surface area contributed by atoms with E-state index in [1.807, 2.05) is 42.4 Å². The summed E-state index contributed by atoms with van der Waals surface area (Å²) in [7, 11) is -0.268. The number of aryl methyl sites for hydroxylation is 2. The lowest BCUT2D eigenvalue weighted by Crippen LogP contribution is -2.41. The van der Waals surface area contributed by atoms with Gasteiger partial charge in [0, 0.05) is 5.56 Å². The minimum atomic E-state index is -0.269. The van der Waals surface area contributed by atoms with Crippen molar-refractivity contribution in [3.63, 3.8) is 0 Å². The van der Waals surface area contributed by atoms with Gasteiger partial charge in [0.15, 0.2) is 0 Å². The maximum Gasteiger partial charge on any atom is 0.487 e. The predicted molar refractivity (Wildman–Crippen MR) is 148 cm³/mol. The third-order valence-electron chi connectivity index (χ3n) is 6.34. The van der Waals surface area contributed by atoms with Crippen molar-refractivity contribution in [2.75, 3.05) is 0 Å². The van der Waals surface area contributed by atoms with Crippen molar-refractivity contribution in [2.24, 2.45) is 0 Å². The quantitative estimate of drug-likeness (QED) is 0.220. The van der Waals surface area contributed by atoms with Gasteiger partial charge in [0.25, 0.3) is 0 Å². The molecule has 4 rings (SSSR count). The molecule has 180 valence electrons. The van der Waals surface area contributed by atoms with Crippen LogP contribution in [0.5, 0.6) is 0 Å². The molecule has 0 amide bonds. The summed E-state index contributed by atoms with van der Waals surface area (Å²) in [4.78, 5) is 10.5. The molecule has 0 spiro atoms. The highest BCUT2D eigenvalue weighted by Gasteiger charge is 2.49. The fraction of sp³-hybridized carbons (Fsp3) is 0.258. The summed E-state index contributed by atoms with van der Waals surface area (Å²) in [6, 6.07) is 24.2. The van der Waals surface area contributed by atoms with Crippen molar-refractivity contribution in [3.8, 4) is 0 Å². The molecule has 4 heteroatoms. The van der Waals surface area contributed by atoms with E-state index in [2.05, 4.69) is 96.2 Å². The van der Waals surface area contributed by atoms with Crippen LogP contribution >= 0.6 is 0 Å². The molecule has 1 fully saturated rings. The summed E-state index contributed by atoms with van der Waals surface area (Å²) in [5.41, 5.74) is 6.13. The summed E-state index contributed by atoms with van der Waals surface area (Å²) >= 11 is 0. The Labute approximate surface area is 210 Å². The van der Waals surface area contributed by atoms with Gasteiger partial charge in [0.1, 0.15) is 6.29 Å². The summed E-state index contributed by atoms with van der Waals surface area (Å²) in [5, 5.41) is 0. The van der Waals surface area contributed by atoms with E-state index in [1.165, 1.54) is 22.3 Å². The van der Waals surface area contributed by atoms with Gasteiger partial charge in [-0.1, -0.05) is 108 Å². The molecule has 1 aliphatic heterocycles. The van der Waals surface area contributed by atoms with E-state index in [0.29, 0.717) is 5.56 Å². The van der Waals surface area contributed by atoms with Crippen molar-refractivity contribution in [2.45, 2.75) is 52.7 Å². The molecule has 3 nitrogen and oxygen atoms in total. The second-order valence-corrected chi connectivity index (χ2v) is 9.93. The van der Waals surface area contributed by atoms with Crippen LogP contribution in [0.2, 0.25) is 0 Å². The number of rotatable bonds is 5. The Morgan fingerprint density at radius 3 is 1.57 bits per heavy atom. The number of hydrogen-bond donors (Lipinski definition) is 0. The third kappa shape index (κ3) is 7.64. The van der Waals surface area contributed by atoms with Crippen LogP contribution in [0.15, 0.2) is 78.8 Å². The van der Waals surface area contributed by atoms with Crippen LogP contribution in [0.25, 0.3) is 18.2 Å². The van der Waals surface area contributed by atoms with Crippen LogP contribution < -0.4 is 0 Å². The molecule has 0 N–H and O–H groups in total. The van der Waals surface area contributed by atoms with Crippen LogP contribution in [-0.2, 0) is 9.31 Å². The highest BCUT2D eigenvalue weighted by molar-refractivity contribution is 6.52. The lowest BCUT2D eigenvalue weighted by Gasteiger charge is -2.32. The molecule has 3 aromatic rings. The zero-order chi connectivity index (χ0) is 25.5. The SMILES string of the molecule is Cc1cccc(/C=C/B2OC(C)(C)C(C)(C)O2)c1.Cc1cccc(/C=C/c2ccc(C=O)cc2)c1. The maximum absolute atomic E-state index is 10.5. The van der Waals surface area contributed by atoms with Crippen molar-refractivity contribution in [1.29, 1.82) is 0 Å². The Hall–Kier alpha value is -3.21. The second-order valence-electron chi connectivity index (χ2n) is 9.93. The van der Waals surface area contributed by atoms with Crippen LogP contribution in [0.3, 0.4) is 0 Å². The topological polar surface area (TPSA) is 35.5 Å². The molecule has 3 aromatic carbocycles. The van der Waals surface area contributed by atoms with Crippen molar-refractivity contribution < 1.29 is 14.1 Å². The van der Waals surface area contributed by atoms with E-state index < -0.39 is 0 Å². The van der Waals surface area contributed by atoms with E-state index >= 15 is 0 Å². The Morgan fingerprint density at radius 2 is 1.09 bits per heavy atom. The summed E-state index contributed by atoms with van der Waals surface area (Å²) in [6.45, 7) is 12.4. The van der Waals surface area contributed by atoms with Crippen LogP contribution in [0.1, 0.15) is 65.9 Å². The van der Waals surface area contributed by atoms with E-state index in [9.17, 15) is 4.79 Å². The van der Waals surface area contributed by atoms with Crippen molar-refractivity contribution in [1.82, 2.24) is 0 Å². The molecule has 0 unspecified atom stereocenters. The van der Waals surface area contributed by atoms with E-state index in [0.717, 1.165) is 11.8 Å². The highest BCUT2D eigenvalue weighted by Crippen LogP contribution is 2.37. The lowest BCUT2D eigenvalue weighted by molar-refractivity contribution is 0.00578. The Morgan fingerprint density at radius 1 is 0.629 bits per heavy atom. The van der Waals surface area contributed by atoms with Crippen LogP contribution in [-0.4, -0.2) is 24.6 Å². The molecule has 0 bridgehead atoms. The van der Waals surface area contributed by atoms with Gasteiger partial charge >= 0.3 is 7.12 Å². The van der Waals surface area contributed by atoms with Crippen molar-refractivity contribution >= 4 is 31.6 Å². The molecular weight excluding hydrogens is 431 g/mol. The molecular formula is C31H35BO3. The highest BCUT2D eigenvalue weighted by atomic mass is 16.7. The van der Waals surface area contributed by atoms with Gasteiger partial charge in [-0.3, -0.25) is 4.79 Å². The van der Waals surface area contributed by atoms with Crippen LogP contribution in [0, 0.1) is 13.8 Å². The van der Waals surface area contributed by atoms with Crippen LogP contribution in [0.4, 0.5) is 0 Å². The Kier molecular flexibility index (Phi) is 8.66. The van der Waals surface area contributed by atoms with E-state index in [1.54, 1.807) is 0 Å². The lowest BCUT2D eigenvalue weighted by atomic mass is 9.89. The first-order valence-corrected chi connectivity index (χ1v) is 12.0. The molecule has 1 aliphatic rings. The standard InChI is InChI=1S/C16H14O.C15H21BO2/c1-13-3-2-4-15(11-13)8-5-14-6-9-16(12-17)10-7-14;1-12-7-6-8-13(11-12)9-10-16-17-14(2,3)15(4,5)18-16/h2-12H,1H3;6-11H,1-5H3/b8-5+;10-9+. The Bertz CT molecular complexity index is 1170. The van der Waals surface area contributed by atoms with Gasteiger partial charge < -0.3 is 9.31 Å². The van der Waals surface area contributed by atoms with Gasteiger partial charge in [-0.25, -0.2) is 0 Å². The number of aldehydes is 1. The molecule has 35 heavy (non-hydrogen) atoms. The average Bonchev–Trinajstić information content (AvgIpc) is 3.03. The fourth-order valence-corrected chi connectivity index (χ4v) is 3.58. The molecule has 0 aromatic heterocycles. The molecule has 0 saturated carbocycles. The van der Waals surface area contributed by atoms with Gasteiger partial charge in [-0.2, -0.15) is 0 Å². The first-order valence-electron chi connectivity index (χ1n) is 12.0. The first kappa shape index (κ1) is 26.4. The average molecular weight is 466 g/mol. The van der Waals surface area contributed by atoms with Gasteiger partial charge in [-0.05, 0) is 58.2 Å². The van der Waals surface area contributed by atoms with E-state index in [-0.39, 0.29) is 18.3 Å². The summed E-state index contributed by atoms with van der Waals surface area (Å²) in [5.74, 6) is 1.98. The number of hydrogen-bond acceptors (Lipinski definition) is 3. The zero-order valence-electron chi connectivity index (χ0n) is 21.6. The number of carbonyl (C=O) groups is 1. The minimum Gasteiger partial charge on any atom is -0.400 e. The summed E-state index contributed by atoms with van der Waals surface area (Å²) < 4.78 is 11.8. The molecule has 0 atom stereocenters. The Balaban J connectivity index is 0.000000196. The largest absolute Gasteiger partial charge is 0.487 e. The van der Waals surface area contributed by atoms with Crippen molar-refractivity contribution in [3.05, 3.63) is 112 Å². The normalized spacial score (nSPS) is 16.3. The zero-order valence-corrected chi connectivity index (χ0v) is 21.6. The smallest absolute Gasteiger partial charge is 0.400 e. The molecule has 0 aliphatic carbocycles. The second kappa shape index (κ2) is 11.5. The fourth-order valence-electron chi connectivity index (χ4n) is 3.58. The van der Waals surface area contributed by atoms with Gasteiger partial charge in [-0.15, -0.1) is 0 Å². The maximum atomic E-state index is 10.5. The molecule has 1 saturated heterocycles. The van der Waals surface area contributed by atoms with E-state index in [4.69, 9.17) is 9.31 Å². The molecule has 0 radical (unpaired) electrons. The van der Waals surface area contributed by atoms with Gasteiger partial charge in [0.2, 0.25) is 0 Å². The summed E-state index contributed by atoms with van der Waals surface area (Å²) in [6.07, 6.45) is 7.02.